The third kappa shape index (κ3) is 1.84. The van der Waals surface area contributed by atoms with E-state index in [-0.39, 0.29) is 0 Å². The molecule has 0 spiro atoms. The average molecular weight is 233 g/mol. The third-order valence-corrected chi connectivity index (χ3v) is 3.22. The van der Waals surface area contributed by atoms with Crippen molar-refractivity contribution >= 4 is 0 Å². The standard InChI is InChI=1S/C11H15N5O/c1-15-4-3-8(6-15)10-13-14-11(17-10)9-5-12-7-16(9)2/h5,7-8H,3-4,6H2,1-2H3/t8-/m0/s1. The topological polar surface area (TPSA) is 60.0 Å². The Bertz CT molecular complexity index is 517. The summed E-state index contributed by atoms with van der Waals surface area (Å²) >= 11 is 0. The van der Waals surface area contributed by atoms with Gasteiger partial charge in [-0.15, -0.1) is 10.2 Å². The zero-order valence-corrected chi connectivity index (χ0v) is 10.00. The molecule has 0 amide bonds. The van der Waals surface area contributed by atoms with E-state index in [1.807, 2.05) is 11.6 Å². The van der Waals surface area contributed by atoms with Crippen LogP contribution in [-0.2, 0) is 7.05 Å². The number of hydrogen-bond acceptors (Lipinski definition) is 5. The molecule has 1 aliphatic heterocycles. The van der Waals surface area contributed by atoms with Crippen LogP contribution in [0.4, 0.5) is 0 Å². The van der Waals surface area contributed by atoms with Gasteiger partial charge in [0.15, 0.2) is 0 Å². The van der Waals surface area contributed by atoms with Gasteiger partial charge in [-0.05, 0) is 20.0 Å². The van der Waals surface area contributed by atoms with Gasteiger partial charge in [-0.2, -0.15) is 0 Å². The van der Waals surface area contributed by atoms with Crippen molar-refractivity contribution in [1.29, 1.82) is 0 Å². The number of nitrogens with zero attached hydrogens (tertiary/aromatic N) is 5. The molecule has 0 bridgehead atoms. The molecule has 2 aromatic heterocycles. The lowest BCUT2D eigenvalue weighted by Gasteiger charge is -2.05. The minimum absolute atomic E-state index is 0.370. The van der Waals surface area contributed by atoms with E-state index in [0.29, 0.717) is 11.8 Å². The highest BCUT2D eigenvalue weighted by Crippen LogP contribution is 2.27. The number of aromatic nitrogens is 4. The number of hydrogen-bond donors (Lipinski definition) is 0. The second kappa shape index (κ2) is 3.96. The Morgan fingerprint density at radius 2 is 2.24 bits per heavy atom. The molecule has 0 aromatic carbocycles. The number of aryl methyl sites for hydroxylation is 1. The molecule has 17 heavy (non-hydrogen) atoms. The minimum atomic E-state index is 0.370. The molecule has 0 N–H and O–H groups in total. The van der Waals surface area contributed by atoms with Crippen LogP contribution in [0.2, 0.25) is 0 Å². The van der Waals surface area contributed by atoms with Gasteiger partial charge >= 0.3 is 0 Å². The molecule has 0 aliphatic carbocycles. The Kier molecular flexibility index (Phi) is 2.44. The van der Waals surface area contributed by atoms with E-state index in [2.05, 4.69) is 27.1 Å². The van der Waals surface area contributed by atoms with Crippen molar-refractivity contribution in [3.8, 4) is 11.6 Å². The Morgan fingerprint density at radius 1 is 1.35 bits per heavy atom. The number of likely N-dealkylation sites (tertiary alicyclic amines) is 1. The molecular formula is C11H15N5O. The first-order chi connectivity index (χ1) is 8.24. The predicted octanol–water partition coefficient (Wildman–Crippen LogP) is 0.889. The fraction of sp³-hybridized carbons (Fsp3) is 0.545. The Morgan fingerprint density at radius 3 is 2.88 bits per heavy atom. The Hall–Kier alpha value is -1.69. The van der Waals surface area contributed by atoms with Crippen LogP contribution in [0.5, 0.6) is 0 Å². The van der Waals surface area contributed by atoms with E-state index in [9.17, 15) is 0 Å². The SMILES string of the molecule is CN1CC[C@H](c2nnc(-c3cncn3C)o2)C1. The lowest BCUT2D eigenvalue weighted by Crippen LogP contribution is -2.13. The fourth-order valence-electron chi connectivity index (χ4n) is 2.20. The molecule has 3 rings (SSSR count). The lowest BCUT2D eigenvalue weighted by atomic mass is 10.1. The van der Waals surface area contributed by atoms with Crippen LogP contribution in [0.3, 0.4) is 0 Å². The van der Waals surface area contributed by atoms with Crippen LogP contribution in [0.25, 0.3) is 11.6 Å². The Balaban J connectivity index is 1.86. The zero-order chi connectivity index (χ0) is 11.8. The normalized spacial score (nSPS) is 21.2. The summed E-state index contributed by atoms with van der Waals surface area (Å²) in [5, 5.41) is 8.24. The maximum absolute atomic E-state index is 5.73. The number of rotatable bonds is 2. The van der Waals surface area contributed by atoms with Crippen molar-refractivity contribution < 1.29 is 4.42 Å². The maximum atomic E-state index is 5.73. The van der Waals surface area contributed by atoms with Crippen LogP contribution in [0, 0.1) is 0 Å². The van der Waals surface area contributed by atoms with Crippen LogP contribution in [-0.4, -0.2) is 44.8 Å². The summed E-state index contributed by atoms with van der Waals surface area (Å²) in [5.74, 6) is 1.66. The van der Waals surface area contributed by atoms with Crippen molar-refractivity contribution in [2.45, 2.75) is 12.3 Å². The predicted molar refractivity (Wildman–Crippen MR) is 61.4 cm³/mol. The van der Waals surface area contributed by atoms with E-state index in [1.54, 1.807) is 12.5 Å². The summed E-state index contributed by atoms with van der Waals surface area (Å²) in [5.41, 5.74) is 0.857. The highest BCUT2D eigenvalue weighted by atomic mass is 16.4. The molecular weight excluding hydrogens is 218 g/mol. The molecule has 0 unspecified atom stereocenters. The van der Waals surface area contributed by atoms with Crippen LogP contribution >= 0.6 is 0 Å². The van der Waals surface area contributed by atoms with Gasteiger partial charge in [0.05, 0.1) is 18.4 Å². The second-order valence-electron chi connectivity index (χ2n) is 4.58. The highest BCUT2D eigenvalue weighted by Gasteiger charge is 2.26. The third-order valence-electron chi connectivity index (χ3n) is 3.22. The smallest absolute Gasteiger partial charge is 0.265 e. The van der Waals surface area contributed by atoms with Gasteiger partial charge < -0.3 is 13.9 Å². The molecule has 2 aromatic rings. The minimum Gasteiger partial charge on any atom is -0.419 e. The first-order valence-electron chi connectivity index (χ1n) is 5.72. The molecule has 6 heteroatoms. The molecule has 1 atom stereocenters. The first kappa shape index (κ1) is 10.5. The molecule has 90 valence electrons. The molecule has 1 saturated heterocycles. The fourth-order valence-corrected chi connectivity index (χ4v) is 2.20. The summed E-state index contributed by atoms with van der Waals surface area (Å²) in [6.45, 7) is 2.08. The van der Waals surface area contributed by atoms with Crippen molar-refractivity contribution in [3.05, 3.63) is 18.4 Å². The van der Waals surface area contributed by atoms with Gasteiger partial charge in [0.2, 0.25) is 5.89 Å². The van der Waals surface area contributed by atoms with Crippen molar-refractivity contribution in [2.75, 3.05) is 20.1 Å². The highest BCUT2D eigenvalue weighted by molar-refractivity contribution is 5.44. The number of likely N-dealkylation sites (N-methyl/N-ethyl adjacent to an activating group) is 1. The Labute approximate surface area is 99.3 Å². The summed E-state index contributed by atoms with van der Waals surface area (Å²) < 4.78 is 7.60. The van der Waals surface area contributed by atoms with Gasteiger partial charge in [0.25, 0.3) is 5.89 Å². The monoisotopic (exact) mass is 233 g/mol. The van der Waals surface area contributed by atoms with E-state index in [1.165, 1.54) is 0 Å². The zero-order valence-electron chi connectivity index (χ0n) is 10.00. The molecule has 6 nitrogen and oxygen atoms in total. The van der Waals surface area contributed by atoms with Crippen LogP contribution < -0.4 is 0 Å². The summed E-state index contributed by atoms with van der Waals surface area (Å²) in [6.07, 6.45) is 4.55. The molecule has 0 saturated carbocycles. The largest absolute Gasteiger partial charge is 0.419 e. The van der Waals surface area contributed by atoms with Crippen LogP contribution in [0.15, 0.2) is 16.9 Å². The van der Waals surface area contributed by atoms with E-state index in [0.717, 1.165) is 31.1 Å². The molecule has 3 heterocycles. The molecule has 0 radical (unpaired) electrons. The van der Waals surface area contributed by atoms with Gasteiger partial charge in [0, 0.05) is 13.6 Å². The van der Waals surface area contributed by atoms with Crippen LogP contribution in [0.1, 0.15) is 18.2 Å². The van der Waals surface area contributed by atoms with E-state index >= 15 is 0 Å². The van der Waals surface area contributed by atoms with E-state index < -0.39 is 0 Å². The average Bonchev–Trinajstić information content (AvgIpc) is 2.97. The first-order valence-corrected chi connectivity index (χ1v) is 5.72. The van der Waals surface area contributed by atoms with Crippen molar-refractivity contribution in [1.82, 2.24) is 24.6 Å². The lowest BCUT2D eigenvalue weighted by molar-refractivity contribution is 0.393. The quantitative estimate of drug-likeness (QED) is 0.771. The number of imidazole rings is 1. The molecule has 1 aliphatic rings. The van der Waals surface area contributed by atoms with Gasteiger partial charge in [-0.1, -0.05) is 0 Å². The summed E-state index contributed by atoms with van der Waals surface area (Å²) in [4.78, 5) is 6.32. The summed E-state index contributed by atoms with van der Waals surface area (Å²) in [6, 6.07) is 0. The maximum Gasteiger partial charge on any atom is 0.265 e. The van der Waals surface area contributed by atoms with Gasteiger partial charge in [0.1, 0.15) is 5.69 Å². The van der Waals surface area contributed by atoms with Gasteiger partial charge in [-0.3, -0.25) is 0 Å². The van der Waals surface area contributed by atoms with Crippen molar-refractivity contribution in [3.63, 3.8) is 0 Å². The van der Waals surface area contributed by atoms with E-state index in [4.69, 9.17) is 4.42 Å². The van der Waals surface area contributed by atoms with Crippen molar-refractivity contribution in [2.24, 2.45) is 7.05 Å². The van der Waals surface area contributed by atoms with Gasteiger partial charge in [-0.25, -0.2) is 4.98 Å². The summed E-state index contributed by atoms with van der Waals surface area (Å²) in [7, 11) is 4.02. The second-order valence-corrected chi connectivity index (χ2v) is 4.58. The molecule has 1 fully saturated rings.